The highest BCUT2D eigenvalue weighted by Gasteiger charge is 2.32. The Labute approximate surface area is 231 Å². The Kier molecular flexibility index (Phi) is 8.98. The molecule has 198 valence electrons. The standard InChI is InChI=1S/C26H30IN3O6S/c1-15-8-10-17(11-9-15)23-22(24(31)28-2)19-13-20(27)21(29-25(19)36-23)14-30(37(34)35)12-4-6-16-5-3-7-18(16)26(32)33/h8-11,13,16,18H,3-7,12,14H2,1-2H3,(H,28,31)(H,32,33)(H,34,35). The lowest BCUT2D eigenvalue weighted by atomic mass is 9.92. The van der Waals surface area contributed by atoms with Crippen LogP contribution < -0.4 is 5.32 Å². The first-order valence-corrected chi connectivity index (χ1v) is 14.3. The number of halogens is 1. The van der Waals surface area contributed by atoms with Gasteiger partial charge in [-0.2, -0.15) is 4.31 Å². The molecule has 11 heteroatoms. The van der Waals surface area contributed by atoms with Crippen molar-refractivity contribution in [2.45, 2.75) is 45.6 Å². The van der Waals surface area contributed by atoms with Gasteiger partial charge in [-0.1, -0.05) is 36.2 Å². The summed E-state index contributed by atoms with van der Waals surface area (Å²) in [6, 6.07) is 9.48. The van der Waals surface area contributed by atoms with E-state index in [1.165, 1.54) is 4.31 Å². The van der Waals surface area contributed by atoms with Crippen LogP contribution >= 0.6 is 22.6 Å². The summed E-state index contributed by atoms with van der Waals surface area (Å²) in [5.74, 6) is -0.843. The molecule has 9 nitrogen and oxygen atoms in total. The third kappa shape index (κ3) is 6.21. The van der Waals surface area contributed by atoms with E-state index in [4.69, 9.17) is 4.42 Å². The van der Waals surface area contributed by atoms with Gasteiger partial charge in [-0.15, -0.1) is 0 Å². The van der Waals surface area contributed by atoms with Crippen LogP contribution in [-0.2, 0) is 22.6 Å². The van der Waals surface area contributed by atoms with Gasteiger partial charge < -0.3 is 14.8 Å². The minimum Gasteiger partial charge on any atom is -0.481 e. The molecule has 0 spiro atoms. The van der Waals surface area contributed by atoms with E-state index in [2.05, 4.69) is 32.9 Å². The summed E-state index contributed by atoms with van der Waals surface area (Å²) in [5, 5.41) is 12.6. The molecule has 2 aromatic heterocycles. The average molecular weight is 640 g/mol. The molecule has 0 saturated heterocycles. The molecule has 1 aromatic carbocycles. The molecule has 3 aromatic rings. The van der Waals surface area contributed by atoms with Gasteiger partial charge in [0, 0.05) is 22.7 Å². The number of amides is 1. The van der Waals surface area contributed by atoms with Crippen molar-refractivity contribution in [2.75, 3.05) is 13.6 Å². The average Bonchev–Trinajstić information content (AvgIpc) is 3.48. The Morgan fingerprint density at radius 3 is 2.65 bits per heavy atom. The van der Waals surface area contributed by atoms with Crippen LogP contribution in [-0.4, -0.2) is 48.6 Å². The summed E-state index contributed by atoms with van der Waals surface area (Å²) in [6.45, 7) is 2.42. The third-order valence-electron chi connectivity index (χ3n) is 6.98. The van der Waals surface area contributed by atoms with E-state index in [0.717, 1.165) is 27.5 Å². The molecule has 1 fully saturated rings. The van der Waals surface area contributed by atoms with Crippen molar-refractivity contribution in [3.8, 4) is 11.3 Å². The number of hydrogen-bond donors (Lipinski definition) is 3. The minimum absolute atomic E-state index is 0.104. The molecular formula is C26H30IN3O6S. The smallest absolute Gasteiger partial charge is 0.306 e. The topological polar surface area (TPSA) is 133 Å². The van der Waals surface area contributed by atoms with E-state index in [1.807, 2.05) is 37.3 Å². The molecule has 0 bridgehead atoms. The molecule has 3 atom stereocenters. The Hall–Kier alpha value is -2.35. The van der Waals surface area contributed by atoms with Crippen LogP contribution in [0.4, 0.5) is 0 Å². The van der Waals surface area contributed by atoms with Gasteiger partial charge in [0.05, 0.1) is 29.1 Å². The Balaban J connectivity index is 1.58. The first-order chi connectivity index (χ1) is 17.7. The number of rotatable bonds is 10. The molecule has 1 aliphatic rings. The van der Waals surface area contributed by atoms with Gasteiger partial charge in [0.1, 0.15) is 5.76 Å². The fraction of sp³-hybridized carbons (Fsp3) is 0.423. The zero-order chi connectivity index (χ0) is 26.7. The van der Waals surface area contributed by atoms with Crippen molar-refractivity contribution in [1.82, 2.24) is 14.6 Å². The molecule has 1 amide bonds. The molecule has 1 saturated carbocycles. The predicted molar refractivity (Wildman–Crippen MR) is 149 cm³/mol. The minimum atomic E-state index is -2.23. The highest BCUT2D eigenvalue weighted by Crippen LogP contribution is 2.36. The highest BCUT2D eigenvalue weighted by molar-refractivity contribution is 14.1. The molecular weight excluding hydrogens is 609 g/mol. The molecule has 3 unspecified atom stereocenters. The number of fused-ring (bicyclic) bond motifs is 1. The lowest BCUT2D eigenvalue weighted by molar-refractivity contribution is -0.143. The maximum Gasteiger partial charge on any atom is 0.306 e. The van der Waals surface area contributed by atoms with E-state index < -0.39 is 17.2 Å². The van der Waals surface area contributed by atoms with Gasteiger partial charge in [0.25, 0.3) is 5.91 Å². The molecule has 0 aliphatic heterocycles. The summed E-state index contributed by atoms with van der Waals surface area (Å²) in [6.07, 6.45) is 3.79. The number of hydrogen-bond acceptors (Lipinski definition) is 5. The van der Waals surface area contributed by atoms with Crippen LogP contribution in [0.15, 0.2) is 34.7 Å². The number of carboxylic acids is 1. The normalized spacial score (nSPS) is 18.4. The van der Waals surface area contributed by atoms with Crippen LogP contribution in [0.2, 0.25) is 0 Å². The van der Waals surface area contributed by atoms with Crippen LogP contribution in [0, 0.1) is 22.3 Å². The van der Waals surface area contributed by atoms with Crippen LogP contribution in [0.1, 0.15) is 53.7 Å². The Morgan fingerprint density at radius 1 is 1.27 bits per heavy atom. The summed E-state index contributed by atoms with van der Waals surface area (Å²) < 4.78 is 30.3. The maximum atomic E-state index is 12.8. The second-order valence-electron chi connectivity index (χ2n) is 9.39. The molecule has 0 radical (unpaired) electrons. The van der Waals surface area contributed by atoms with Crippen molar-refractivity contribution in [1.29, 1.82) is 0 Å². The molecule has 2 heterocycles. The maximum absolute atomic E-state index is 12.8. The number of carbonyl (C=O) groups excluding carboxylic acids is 1. The van der Waals surface area contributed by atoms with E-state index in [0.29, 0.717) is 48.2 Å². The highest BCUT2D eigenvalue weighted by atomic mass is 127. The summed E-state index contributed by atoms with van der Waals surface area (Å²) >= 11 is -0.112. The molecule has 37 heavy (non-hydrogen) atoms. The summed E-state index contributed by atoms with van der Waals surface area (Å²) in [7, 11) is 1.56. The number of aryl methyl sites for hydroxylation is 1. The first kappa shape index (κ1) is 27.7. The monoisotopic (exact) mass is 639 g/mol. The fourth-order valence-corrected chi connectivity index (χ4v) is 6.14. The van der Waals surface area contributed by atoms with Gasteiger partial charge in [-0.3, -0.25) is 14.1 Å². The quantitative estimate of drug-likeness (QED) is 0.210. The number of furan rings is 1. The summed E-state index contributed by atoms with van der Waals surface area (Å²) in [5.41, 5.74) is 3.07. The fourth-order valence-electron chi connectivity index (χ4n) is 5.02. The number of carboxylic acid groups (broad SMARTS) is 1. The lowest BCUT2D eigenvalue weighted by Gasteiger charge is -2.20. The first-order valence-electron chi connectivity index (χ1n) is 12.2. The van der Waals surface area contributed by atoms with E-state index in [9.17, 15) is 23.5 Å². The number of nitrogens with zero attached hydrogens (tertiary/aromatic N) is 2. The number of carbonyl (C=O) groups is 2. The SMILES string of the molecule is CNC(=O)c1c(-c2ccc(C)cc2)oc2nc(CN(CCCC3CCCC3C(=O)O)S(=O)O)c(I)cc12. The molecule has 3 N–H and O–H groups in total. The van der Waals surface area contributed by atoms with Gasteiger partial charge in [-0.05, 0) is 67.2 Å². The van der Waals surface area contributed by atoms with Crippen molar-refractivity contribution >= 4 is 56.8 Å². The van der Waals surface area contributed by atoms with E-state index >= 15 is 0 Å². The molecule has 4 rings (SSSR count). The van der Waals surface area contributed by atoms with Gasteiger partial charge in [0.15, 0.2) is 0 Å². The Bertz CT molecular complexity index is 1330. The predicted octanol–water partition coefficient (Wildman–Crippen LogP) is 4.99. The van der Waals surface area contributed by atoms with Crippen LogP contribution in [0.3, 0.4) is 0 Å². The van der Waals surface area contributed by atoms with Crippen LogP contribution in [0.5, 0.6) is 0 Å². The van der Waals surface area contributed by atoms with E-state index in [-0.39, 0.29) is 30.0 Å². The number of aromatic nitrogens is 1. The zero-order valence-corrected chi connectivity index (χ0v) is 23.7. The van der Waals surface area contributed by atoms with Gasteiger partial charge >= 0.3 is 5.97 Å². The lowest BCUT2D eigenvalue weighted by Crippen LogP contribution is -2.28. The van der Waals surface area contributed by atoms with E-state index in [1.54, 1.807) is 7.05 Å². The van der Waals surface area contributed by atoms with Crippen molar-refractivity contribution in [2.24, 2.45) is 11.8 Å². The van der Waals surface area contributed by atoms with Crippen molar-refractivity contribution in [3.05, 3.63) is 50.7 Å². The number of aliphatic carboxylic acids is 1. The molecule has 1 aliphatic carbocycles. The van der Waals surface area contributed by atoms with Gasteiger partial charge in [-0.25, -0.2) is 9.19 Å². The number of benzene rings is 1. The van der Waals surface area contributed by atoms with Crippen molar-refractivity contribution < 1.29 is 27.9 Å². The Morgan fingerprint density at radius 2 is 2.00 bits per heavy atom. The van der Waals surface area contributed by atoms with Crippen molar-refractivity contribution in [3.63, 3.8) is 0 Å². The number of nitrogens with one attached hydrogen (secondary N) is 1. The van der Waals surface area contributed by atoms with Gasteiger partial charge in [0.2, 0.25) is 17.0 Å². The second kappa shape index (κ2) is 12.0. The largest absolute Gasteiger partial charge is 0.481 e. The summed E-state index contributed by atoms with van der Waals surface area (Å²) in [4.78, 5) is 28.9. The van der Waals surface area contributed by atoms with Crippen LogP contribution in [0.25, 0.3) is 22.4 Å². The second-order valence-corrected chi connectivity index (χ2v) is 11.5. The number of pyridine rings is 1. The zero-order valence-electron chi connectivity index (χ0n) is 20.7. The third-order valence-corrected chi connectivity index (χ3v) is 8.67.